The maximum Gasteiger partial charge on any atom is 0.231 e. The third kappa shape index (κ3) is 3.19. The molecule has 20 heavy (non-hydrogen) atoms. The minimum atomic E-state index is 0.0857. The lowest BCUT2D eigenvalue weighted by atomic mass is 9.71. The molecule has 0 aromatic carbocycles. The van der Waals surface area contributed by atoms with E-state index in [0.717, 1.165) is 19.3 Å². The van der Waals surface area contributed by atoms with E-state index in [4.69, 9.17) is 0 Å². The van der Waals surface area contributed by atoms with Crippen molar-refractivity contribution < 1.29 is 4.79 Å². The third-order valence-electron chi connectivity index (χ3n) is 4.55. The Kier molecular flexibility index (Phi) is 3.52. The molecular weight excluding hydrogens is 252 g/mol. The summed E-state index contributed by atoms with van der Waals surface area (Å²) in [5.41, 5.74) is 0.386. The van der Waals surface area contributed by atoms with Crippen molar-refractivity contribution in [3.63, 3.8) is 0 Å². The number of nitrogens with one attached hydrogen (secondary N) is 1. The van der Waals surface area contributed by atoms with Crippen molar-refractivity contribution in [1.82, 2.24) is 14.8 Å². The van der Waals surface area contributed by atoms with E-state index in [2.05, 4.69) is 29.4 Å². The monoisotopic (exact) mass is 276 g/mol. The number of hydrogen-bond acceptors (Lipinski definition) is 3. The van der Waals surface area contributed by atoms with Gasteiger partial charge in [0.15, 0.2) is 0 Å². The SMILES string of the molecule is CC1(C)CCCC(CC(=O)Nc2nncn2C2CC2)C1. The summed E-state index contributed by atoms with van der Waals surface area (Å²) in [5.74, 6) is 1.21. The highest BCUT2D eigenvalue weighted by molar-refractivity contribution is 5.89. The molecular formula is C15H24N4O. The fourth-order valence-corrected chi connectivity index (χ4v) is 3.42. The molecule has 5 heteroatoms. The number of carbonyl (C=O) groups is 1. The highest BCUT2D eigenvalue weighted by Crippen LogP contribution is 2.40. The Bertz CT molecular complexity index is 490. The molecule has 5 nitrogen and oxygen atoms in total. The van der Waals surface area contributed by atoms with Crippen LogP contribution in [0.4, 0.5) is 5.95 Å². The van der Waals surface area contributed by atoms with E-state index in [1.54, 1.807) is 6.33 Å². The van der Waals surface area contributed by atoms with E-state index in [0.29, 0.717) is 29.7 Å². The second-order valence-electron chi connectivity index (χ2n) is 7.17. The Labute approximate surface area is 120 Å². The molecule has 1 heterocycles. The maximum absolute atomic E-state index is 12.2. The van der Waals surface area contributed by atoms with Crippen molar-refractivity contribution >= 4 is 11.9 Å². The summed E-state index contributed by atoms with van der Waals surface area (Å²) < 4.78 is 1.99. The first-order valence-electron chi connectivity index (χ1n) is 7.73. The Balaban J connectivity index is 1.55. The number of aromatic nitrogens is 3. The van der Waals surface area contributed by atoms with Crippen LogP contribution in [0.3, 0.4) is 0 Å². The van der Waals surface area contributed by atoms with Gasteiger partial charge >= 0.3 is 0 Å². The van der Waals surface area contributed by atoms with E-state index < -0.39 is 0 Å². The van der Waals surface area contributed by atoms with Crippen LogP contribution in [0.15, 0.2) is 6.33 Å². The zero-order valence-corrected chi connectivity index (χ0v) is 12.4. The van der Waals surface area contributed by atoms with Gasteiger partial charge < -0.3 is 0 Å². The lowest BCUT2D eigenvalue weighted by molar-refractivity contribution is -0.117. The molecule has 2 saturated carbocycles. The van der Waals surface area contributed by atoms with Gasteiger partial charge in [-0.25, -0.2) is 0 Å². The van der Waals surface area contributed by atoms with Crippen LogP contribution in [-0.4, -0.2) is 20.7 Å². The molecule has 1 atom stereocenters. The number of rotatable bonds is 4. The van der Waals surface area contributed by atoms with Gasteiger partial charge in [-0.1, -0.05) is 20.3 Å². The maximum atomic E-state index is 12.2. The summed E-state index contributed by atoms with van der Waals surface area (Å²) in [5, 5.41) is 10.9. The predicted octanol–water partition coefficient (Wildman–Crippen LogP) is 3.16. The topological polar surface area (TPSA) is 59.8 Å². The van der Waals surface area contributed by atoms with Crippen molar-refractivity contribution in [3.05, 3.63) is 6.33 Å². The highest BCUT2D eigenvalue weighted by atomic mass is 16.1. The molecule has 0 radical (unpaired) electrons. The lowest BCUT2D eigenvalue weighted by Crippen LogP contribution is -2.26. The molecule has 1 N–H and O–H groups in total. The minimum Gasteiger partial charge on any atom is -0.297 e. The summed E-state index contributed by atoms with van der Waals surface area (Å²) >= 11 is 0. The molecule has 0 saturated heterocycles. The smallest absolute Gasteiger partial charge is 0.231 e. The lowest BCUT2D eigenvalue weighted by Gasteiger charge is -2.34. The quantitative estimate of drug-likeness (QED) is 0.919. The van der Waals surface area contributed by atoms with Crippen LogP contribution in [-0.2, 0) is 4.79 Å². The van der Waals surface area contributed by atoms with Gasteiger partial charge in [-0.15, -0.1) is 10.2 Å². The number of hydrogen-bond donors (Lipinski definition) is 1. The van der Waals surface area contributed by atoms with Crippen molar-refractivity contribution in [2.24, 2.45) is 11.3 Å². The van der Waals surface area contributed by atoms with Gasteiger partial charge in [0.25, 0.3) is 0 Å². The summed E-state index contributed by atoms with van der Waals surface area (Å²) in [7, 11) is 0. The molecule has 0 aliphatic heterocycles. The molecule has 0 bridgehead atoms. The molecule has 0 spiro atoms. The van der Waals surface area contributed by atoms with Crippen molar-refractivity contribution in [1.29, 1.82) is 0 Å². The molecule has 1 aromatic heterocycles. The molecule has 110 valence electrons. The van der Waals surface area contributed by atoms with Crippen molar-refractivity contribution in [2.75, 3.05) is 5.32 Å². The molecule has 2 aliphatic carbocycles. The number of carbonyl (C=O) groups excluding carboxylic acids is 1. The average molecular weight is 276 g/mol. The summed E-state index contributed by atoms with van der Waals surface area (Å²) in [6, 6.07) is 0.494. The molecule has 3 rings (SSSR count). The minimum absolute atomic E-state index is 0.0857. The van der Waals surface area contributed by atoms with E-state index >= 15 is 0 Å². The Morgan fingerprint density at radius 3 is 2.95 bits per heavy atom. The van der Waals surface area contributed by atoms with E-state index in [1.807, 2.05) is 4.57 Å². The van der Waals surface area contributed by atoms with Crippen LogP contribution < -0.4 is 5.32 Å². The van der Waals surface area contributed by atoms with Crippen molar-refractivity contribution in [2.45, 2.75) is 64.8 Å². The van der Waals surface area contributed by atoms with Crippen LogP contribution >= 0.6 is 0 Å². The number of anilines is 1. The second kappa shape index (κ2) is 5.19. The predicted molar refractivity (Wildman–Crippen MR) is 77.3 cm³/mol. The van der Waals surface area contributed by atoms with Gasteiger partial charge in [-0.2, -0.15) is 0 Å². The first kappa shape index (κ1) is 13.6. The summed E-state index contributed by atoms with van der Waals surface area (Å²) in [4.78, 5) is 12.2. The zero-order valence-electron chi connectivity index (χ0n) is 12.4. The second-order valence-corrected chi connectivity index (χ2v) is 7.17. The third-order valence-corrected chi connectivity index (χ3v) is 4.55. The first-order valence-corrected chi connectivity index (χ1v) is 7.73. The van der Waals surface area contributed by atoms with Gasteiger partial charge in [-0.05, 0) is 43.4 Å². The molecule has 1 unspecified atom stereocenters. The van der Waals surface area contributed by atoms with Crippen LogP contribution in [0.1, 0.15) is 64.8 Å². The fourth-order valence-electron chi connectivity index (χ4n) is 3.42. The number of amides is 1. The molecule has 2 fully saturated rings. The molecule has 2 aliphatic rings. The molecule has 1 aromatic rings. The van der Waals surface area contributed by atoms with Gasteiger partial charge in [0.2, 0.25) is 11.9 Å². The standard InChI is InChI=1S/C15H24N4O/c1-15(2)7-3-4-11(9-15)8-13(20)17-14-18-16-10-19(14)12-5-6-12/h10-12H,3-9H2,1-2H3,(H,17,18,20). The Morgan fingerprint density at radius 2 is 2.25 bits per heavy atom. The average Bonchev–Trinajstić information content (AvgIpc) is 3.09. The first-order chi connectivity index (χ1) is 9.53. The zero-order chi connectivity index (χ0) is 14.2. The highest BCUT2D eigenvalue weighted by Gasteiger charge is 2.30. The van der Waals surface area contributed by atoms with Gasteiger partial charge in [0.05, 0.1) is 0 Å². The van der Waals surface area contributed by atoms with E-state index in [1.165, 1.54) is 19.3 Å². The van der Waals surface area contributed by atoms with Crippen LogP contribution in [0.25, 0.3) is 0 Å². The normalized spacial score (nSPS) is 25.4. The van der Waals surface area contributed by atoms with Gasteiger partial charge in [0, 0.05) is 12.5 Å². The van der Waals surface area contributed by atoms with Crippen molar-refractivity contribution in [3.8, 4) is 0 Å². The largest absolute Gasteiger partial charge is 0.297 e. The summed E-state index contributed by atoms with van der Waals surface area (Å²) in [6.07, 6.45) is 9.50. The van der Waals surface area contributed by atoms with Gasteiger partial charge in [0.1, 0.15) is 6.33 Å². The number of nitrogens with zero attached hydrogens (tertiary/aromatic N) is 3. The van der Waals surface area contributed by atoms with E-state index in [9.17, 15) is 4.79 Å². The summed E-state index contributed by atoms with van der Waals surface area (Å²) in [6.45, 7) is 4.61. The molecule has 1 amide bonds. The van der Waals surface area contributed by atoms with Gasteiger partial charge in [-0.3, -0.25) is 14.7 Å². The Hall–Kier alpha value is -1.39. The van der Waals surface area contributed by atoms with Crippen LogP contribution in [0, 0.1) is 11.3 Å². The van der Waals surface area contributed by atoms with Crippen LogP contribution in [0.5, 0.6) is 0 Å². The van der Waals surface area contributed by atoms with E-state index in [-0.39, 0.29) is 5.91 Å². The Morgan fingerprint density at radius 1 is 1.45 bits per heavy atom. The fraction of sp³-hybridized carbons (Fsp3) is 0.800. The van der Waals surface area contributed by atoms with Crippen LogP contribution in [0.2, 0.25) is 0 Å².